The van der Waals surface area contributed by atoms with E-state index in [4.69, 9.17) is 16.1 Å². The third-order valence-corrected chi connectivity index (χ3v) is 1.60. The molecule has 0 bridgehead atoms. The number of aromatic hydroxyl groups is 1. The van der Waals surface area contributed by atoms with Crippen LogP contribution in [-0.4, -0.2) is 16.0 Å². The summed E-state index contributed by atoms with van der Waals surface area (Å²) in [6.07, 6.45) is -3.09. The molecule has 0 saturated heterocycles. The molecule has 1 aromatic heterocycles. The average molecular weight is 213 g/mol. The first-order chi connectivity index (χ1) is 6.97. The molecule has 0 aliphatic rings. The molecule has 0 atom stereocenters. The van der Waals surface area contributed by atoms with E-state index in [0.29, 0.717) is 0 Å². The quantitative estimate of drug-likeness (QED) is 0.754. The molecule has 0 spiro atoms. The number of pyridine rings is 1. The standard InChI is InChI=1S/C8H5F2N3O2/c9-7(10)5-6(14)3(2-11)1-4(13-5)8(12)15/h1,7,14H,(H2,12,15). The largest absolute Gasteiger partial charge is 0.505 e. The Hall–Kier alpha value is -2.23. The Bertz CT molecular complexity index is 454. The fourth-order valence-corrected chi connectivity index (χ4v) is 0.922. The number of nitrogens with zero attached hydrogens (tertiary/aromatic N) is 2. The topological polar surface area (TPSA) is 100 Å². The van der Waals surface area contributed by atoms with Gasteiger partial charge in [0.1, 0.15) is 11.8 Å². The maximum Gasteiger partial charge on any atom is 0.284 e. The number of carbonyl (C=O) groups excluding carboxylic acids is 1. The first-order valence-electron chi connectivity index (χ1n) is 3.69. The molecule has 0 aliphatic carbocycles. The van der Waals surface area contributed by atoms with E-state index < -0.39 is 35.0 Å². The van der Waals surface area contributed by atoms with Gasteiger partial charge in [0.25, 0.3) is 12.3 Å². The summed E-state index contributed by atoms with van der Waals surface area (Å²) in [4.78, 5) is 13.8. The highest BCUT2D eigenvalue weighted by atomic mass is 19.3. The molecule has 3 N–H and O–H groups in total. The minimum Gasteiger partial charge on any atom is -0.505 e. The Kier molecular flexibility index (Phi) is 2.80. The SMILES string of the molecule is N#Cc1cc(C(N)=O)nc(C(F)F)c1O. The maximum absolute atomic E-state index is 12.3. The summed E-state index contributed by atoms with van der Waals surface area (Å²) in [5, 5.41) is 17.6. The second-order valence-corrected chi connectivity index (χ2v) is 2.57. The molecule has 15 heavy (non-hydrogen) atoms. The summed E-state index contributed by atoms with van der Waals surface area (Å²) < 4.78 is 24.6. The van der Waals surface area contributed by atoms with Crippen LogP contribution in [0.25, 0.3) is 0 Å². The van der Waals surface area contributed by atoms with Crippen molar-refractivity contribution in [3.05, 3.63) is 23.0 Å². The predicted molar refractivity (Wildman–Crippen MR) is 44.1 cm³/mol. The van der Waals surface area contributed by atoms with Crippen molar-refractivity contribution in [1.82, 2.24) is 4.98 Å². The molecule has 1 rings (SSSR count). The number of halogens is 2. The molecule has 0 fully saturated rings. The Morgan fingerprint density at radius 3 is 2.67 bits per heavy atom. The molecule has 78 valence electrons. The van der Waals surface area contributed by atoms with Gasteiger partial charge in [0.2, 0.25) is 0 Å². The molecule has 0 aliphatic heterocycles. The summed E-state index contributed by atoms with van der Waals surface area (Å²) in [7, 11) is 0. The lowest BCUT2D eigenvalue weighted by Crippen LogP contribution is -2.14. The van der Waals surface area contributed by atoms with Gasteiger partial charge in [-0.25, -0.2) is 13.8 Å². The molecular weight excluding hydrogens is 208 g/mol. The molecule has 1 amide bonds. The normalized spacial score (nSPS) is 10.0. The smallest absolute Gasteiger partial charge is 0.284 e. The molecule has 0 unspecified atom stereocenters. The first-order valence-corrected chi connectivity index (χ1v) is 3.69. The van der Waals surface area contributed by atoms with Crippen LogP contribution in [0, 0.1) is 11.3 Å². The minimum atomic E-state index is -3.09. The number of carbonyl (C=O) groups is 1. The zero-order valence-electron chi connectivity index (χ0n) is 7.24. The van der Waals surface area contributed by atoms with E-state index in [1.165, 1.54) is 6.07 Å². The number of hydrogen-bond donors (Lipinski definition) is 2. The Morgan fingerprint density at radius 2 is 2.27 bits per heavy atom. The molecule has 5 nitrogen and oxygen atoms in total. The Balaban J connectivity index is 3.47. The molecule has 0 radical (unpaired) electrons. The van der Waals surface area contributed by atoms with Crippen LogP contribution in [0.1, 0.15) is 28.2 Å². The van der Waals surface area contributed by atoms with Crippen molar-refractivity contribution in [2.75, 3.05) is 0 Å². The second kappa shape index (κ2) is 3.88. The average Bonchev–Trinajstić information content (AvgIpc) is 2.17. The van der Waals surface area contributed by atoms with E-state index in [0.717, 1.165) is 6.07 Å². The number of amides is 1. The molecule has 1 aromatic rings. The number of primary amides is 1. The van der Waals surface area contributed by atoms with Crippen molar-refractivity contribution >= 4 is 5.91 Å². The molecule has 7 heteroatoms. The van der Waals surface area contributed by atoms with Crippen molar-refractivity contribution in [3.8, 4) is 11.8 Å². The zero-order valence-corrected chi connectivity index (χ0v) is 7.24. The van der Waals surface area contributed by atoms with Gasteiger partial charge in [-0.3, -0.25) is 4.79 Å². The van der Waals surface area contributed by atoms with E-state index in [-0.39, 0.29) is 0 Å². The van der Waals surface area contributed by atoms with Gasteiger partial charge in [0.15, 0.2) is 11.4 Å². The van der Waals surface area contributed by atoms with E-state index in [2.05, 4.69) is 4.98 Å². The van der Waals surface area contributed by atoms with Gasteiger partial charge in [-0.15, -0.1) is 0 Å². The number of hydrogen-bond acceptors (Lipinski definition) is 4. The highest BCUT2D eigenvalue weighted by Gasteiger charge is 2.20. The van der Waals surface area contributed by atoms with Crippen LogP contribution in [0.2, 0.25) is 0 Å². The zero-order chi connectivity index (χ0) is 11.6. The monoisotopic (exact) mass is 213 g/mol. The second-order valence-electron chi connectivity index (χ2n) is 2.57. The fraction of sp³-hybridized carbons (Fsp3) is 0.125. The summed E-state index contributed by atoms with van der Waals surface area (Å²) >= 11 is 0. The first kappa shape index (κ1) is 10.8. The molecular formula is C8H5F2N3O2. The molecule has 0 aromatic carbocycles. The van der Waals surface area contributed by atoms with E-state index in [1.54, 1.807) is 0 Å². The third kappa shape index (κ3) is 1.99. The summed E-state index contributed by atoms with van der Waals surface area (Å²) in [6, 6.07) is 2.31. The van der Waals surface area contributed by atoms with E-state index in [9.17, 15) is 13.6 Å². The number of nitriles is 1. The van der Waals surface area contributed by atoms with Crippen LogP contribution >= 0.6 is 0 Å². The van der Waals surface area contributed by atoms with Gasteiger partial charge in [-0.1, -0.05) is 0 Å². The van der Waals surface area contributed by atoms with Crippen LogP contribution in [-0.2, 0) is 0 Å². The summed E-state index contributed by atoms with van der Waals surface area (Å²) in [6.45, 7) is 0. The van der Waals surface area contributed by atoms with Gasteiger partial charge in [-0.05, 0) is 6.07 Å². The van der Waals surface area contributed by atoms with Crippen LogP contribution in [0.15, 0.2) is 6.07 Å². The Labute approximate surface area is 82.8 Å². The van der Waals surface area contributed by atoms with Crippen molar-refractivity contribution in [3.63, 3.8) is 0 Å². The van der Waals surface area contributed by atoms with Gasteiger partial charge >= 0.3 is 0 Å². The van der Waals surface area contributed by atoms with E-state index >= 15 is 0 Å². The van der Waals surface area contributed by atoms with Crippen molar-refractivity contribution in [1.29, 1.82) is 5.26 Å². The number of aromatic nitrogens is 1. The van der Waals surface area contributed by atoms with Gasteiger partial charge in [0, 0.05) is 0 Å². The van der Waals surface area contributed by atoms with Crippen LogP contribution in [0.5, 0.6) is 5.75 Å². The highest BCUT2D eigenvalue weighted by Crippen LogP contribution is 2.29. The number of alkyl halides is 2. The molecule has 0 saturated carbocycles. The van der Waals surface area contributed by atoms with Gasteiger partial charge in [-0.2, -0.15) is 5.26 Å². The van der Waals surface area contributed by atoms with Crippen LogP contribution < -0.4 is 5.73 Å². The minimum absolute atomic E-state index is 0.464. The van der Waals surface area contributed by atoms with Crippen molar-refractivity contribution in [2.45, 2.75) is 6.43 Å². The van der Waals surface area contributed by atoms with Crippen LogP contribution in [0.4, 0.5) is 8.78 Å². The van der Waals surface area contributed by atoms with Crippen molar-refractivity contribution in [2.24, 2.45) is 5.73 Å². The Morgan fingerprint density at radius 1 is 1.67 bits per heavy atom. The lowest BCUT2D eigenvalue weighted by molar-refractivity contribution is 0.0993. The van der Waals surface area contributed by atoms with E-state index in [1.807, 2.05) is 0 Å². The van der Waals surface area contributed by atoms with Gasteiger partial charge < -0.3 is 10.8 Å². The molecule has 1 heterocycles. The number of nitrogens with two attached hydrogens (primary N) is 1. The van der Waals surface area contributed by atoms with Crippen LogP contribution in [0.3, 0.4) is 0 Å². The maximum atomic E-state index is 12.3. The summed E-state index contributed by atoms with van der Waals surface area (Å²) in [5.74, 6) is -1.98. The lowest BCUT2D eigenvalue weighted by Gasteiger charge is -2.05. The number of rotatable bonds is 2. The van der Waals surface area contributed by atoms with Gasteiger partial charge in [0.05, 0.1) is 5.56 Å². The van der Waals surface area contributed by atoms with Crippen molar-refractivity contribution < 1.29 is 18.7 Å². The third-order valence-electron chi connectivity index (χ3n) is 1.60. The highest BCUT2D eigenvalue weighted by molar-refractivity contribution is 5.91. The fourth-order valence-electron chi connectivity index (χ4n) is 0.922. The lowest BCUT2D eigenvalue weighted by atomic mass is 10.1. The summed E-state index contributed by atoms with van der Waals surface area (Å²) in [5.41, 5.74) is 2.84. The predicted octanol–water partition coefficient (Wildman–Crippen LogP) is 0.695.